The van der Waals surface area contributed by atoms with E-state index in [1.807, 2.05) is 37.6 Å². The summed E-state index contributed by atoms with van der Waals surface area (Å²) < 4.78 is 32.1. The molecule has 0 aliphatic carbocycles. The molecule has 2 aromatic carbocycles. The number of methoxy groups -OCH3 is 1. The molecule has 7 nitrogen and oxygen atoms in total. The number of benzene rings is 2. The van der Waals surface area contributed by atoms with Gasteiger partial charge in [0.1, 0.15) is 6.54 Å². The van der Waals surface area contributed by atoms with Crippen LogP contribution in [0.5, 0.6) is 5.75 Å². The van der Waals surface area contributed by atoms with Gasteiger partial charge >= 0.3 is 0 Å². The van der Waals surface area contributed by atoms with Crippen LogP contribution < -0.4 is 14.9 Å². The molecular formula is C21H23ClN2O5S. The number of pyridine rings is 1. The molecule has 0 radical (unpaired) electrons. The third-order valence-corrected chi connectivity index (χ3v) is 5.70. The number of carbonyl (C=O) groups excluding carboxylic acids is 1. The van der Waals surface area contributed by atoms with Gasteiger partial charge in [-0.05, 0) is 35.2 Å². The predicted octanol–water partition coefficient (Wildman–Crippen LogP) is 3.19. The van der Waals surface area contributed by atoms with E-state index in [1.165, 1.54) is 7.11 Å². The van der Waals surface area contributed by atoms with Crippen molar-refractivity contribution in [2.75, 3.05) is 13.4 Å². The standard InChI is InChI=1S/C21H23ClN2O5S/c1-21(2,3)12-6-7-13-16(10-12)24(11-17(25)23-30(5,27)28)18-14(19(13)26)8-9-15(22)20(18)29-4/h6-10H,11H2,1-5H3,(H,23,25). The van der Waals surface area contributed by atoms with E-state index in [4.69, 9.17) is 16.3 Å². The summed E-state index contributed by atoms with van der Waals surface area (Å²) in [5, 5.41) is 0.999. The molecule has 0 atom stereocenters. The van der Waals surface area contributed by atoms with E-state index in [0.29, 0.717) is 21.8 Å². The summed E-state index contributed by atoms with van der Waals surface area (Å²) in [5.41, 5.74) is 1.33. The number of amides is 1. The molecule has 0 fully saturated rings. The summed E-state index contributed by atoms with van der Waals surface area (Å²) >= 11 is 6.29. The molecule has 0 saturated carbocycles. The fourth-order valence-electron chi connectivity index (χ4n) is 3.42. The lowest BCUT2D eigenvalue weighted by atomic mass is 9.86. The zero-order valence-electron chi connectivity index (χ0n) is 17.4. The molecule has 0 unspecified atom stereocenters. The number of hydrogen-bond acceptors (Lipinski definition) is 5. The molecular weight excluding hydrogens is 428 g/mol. The normalized spacial score (nSPS) is 12.3. The summed E-state index contributed by atoms with van der Waals surface area (Å²) in [4.78, 5) is 25.7. The van der Waals surface area contributed by atoms with E-state index in [9.17, 15) is 18.0 Å². The number of nitrogens with one attached hydrogen (secondary N) is 1. The molecule has 0 spiro atoms. The van der Waals surface area contributed by atoms with Crippen LogP contribution in [0.1, 0.15) is 26.3 Å². The number of carbonyl (C=O) groups is 1. The van der Waals surface area contributed by atoms with E-state index < -0.39 is 15.9 Å². The van der Waals surface area contributed by atoms with Gasteiger partial charge in [-0.25, -0.2) is 8.42 Å². The topological polar surface area (TPSA) is 94.5 Å². The van der Waals surface area contributed by atoms with Gasteiger partial charge in [0.25, 0.3) is 5.91 Å². The third kappa shape index (κ3) is 4.15. The van der Waals surface area contributed by atoms with Crippen LogP contribution in [0.3, 0.4) is 0 Å². The molecule has 9 heteroatoms. The van der Waals surface area contributed by atoms with Crippen LogP contribution in [-0.2, 0) is 26.8 Å². The highest BCUT2D eigenvalue weighted by Crippen LogP contribution is 2.35. The van der Waals surface area contributed by atoms with E-state index in [2.05, 4.69) is 0 Å². The largest absolute Gasteiger partial charge is 0.493 e. The monoisotopic (exact) mass is 450 g/mol. The molecule has 1 aromatic heterocycles. The fourth-order valence-corrected chi connectivity index (χ4v) is 4.13. The first-order chi connectivity index (χ1) is 13.8. The molecule has 30 heavy (non-hydrogen) atoms. The van der Waals surface area contributed by atoms with E-state index in [-0.39, 0.29) is 28.2 Å². The molecule has 3 aromatic rings. The van der Waals surface area contributed by atoms with Crippen molar-refractivity contribution in [3.63, 3.8) is 0 Å². The van der Waals surface area contributed by atoms with Crippen molar-refractivity contribution in [2.24, 2.45) is 0 Å². The summed E-state index contributed by atoms with van der Waals surface area (Å²) in [6, 6.07) is 8.57. The summed E-state index contributed by atoms with van der Waals surface area (Å²) in [6.45, 7) is 5.76. The van der Waals surface area contributed by atoms with Crippen LogP contribution in [0.25, 0.3) is 21.8 Å². The maximum absolute atomic E-state index is 13.2. The summed E-state index contributed by atoms with van der Waals surface area (Å²) in [7, 11) is -2.33. The van der Waals surface area contributed by atoms with Crippen molar-refractivity contribution in [3.8, 4) is 5.75 Å². The quantitative estimate of drug-likeness (QED) is 0.616. The average molecular weight is 451 g/mol. The number of halogens is 1. The highest BCUT2D eigenvalue weighted by molar-refractivity contribution is 7.89. The number of ether oxygens (including phenoxy) is 1. The zero-order valence-corrected chi connectivity index (χ0v) is 18.9. The molecule has 1 amide bonds. The number of rotatable bonds is 4. The van der Waals surface area contributed by atoms with Crippen molar-refractivity contribution in [1.82, 2.24) is 9.29 Å². The lowest BCUT2D eigenvalue weighted by Gasteiger charge is -2.22. The van der Waals surface area contributed by atoms with Crippen molar-refractivity contribution < 1.29 is 17.9 Å². The van der Waals surface area contributed by atoms with Gasteiger partial charge < -0.3 is 9.30 Å². The Hall–Kier alpha value is -2.58. The minimum atomic E-state index is -3.75. The lowest BCUT2D eigenvalue weighted by molar-refractivity contribution is -0.119. The van der Waals surface area contributed by atoms with Gasteiger partial charge in [0.15, 0.2) is 11.2 Å². The van der Waals surface area contributed by atoms with Gasteiger partial charge in [-0.3, -0.25) is 14.3 Å². The van der Waals surface area contributed by atoms with Crippen molar-refractivity contribution in [1.29, 1.82) is 0 Å². The Morgan fingerprint density at radius 1 is 1.17 bits per heavy atom. The molecule has 1 heterocycles. The Morgan fingerprint density at radius 3 is 2.37 bits per heavy atom. The maximum atomic E-state index is 13.2. The highest BCUT2D eigenvalue weighted by atomic mass is 35.5. The second-order valence-electron chi connectivity index (χ2n) is 8.17. The van der Waals surface area contributed by atoms with Gasteiger partial charge in [0, 0.05) is 5.39 Å². The predicted molar refractivity (Wildman–Crippen MR) is 119 cm³/mol. The molecule has 1 N–H and O–H groups in total. The smallest absolute Gasteiger partial charge is 0.253 e. The van der Waals surface area contributed by atoms with Crippen LogP contribution >= 0.6 is 11.6 Å². The van der Waals surface area contributed by atoms with Gasteiger partial charge in [-0.15, -0.1) is 0 Å². The number of aromatic nitrogens is 1. The lowest BCUT2D eigenvalue weighted by Crippen LogP contribution is -2.33. The Morgan fingerprint density at radius 2 is 1.80 bits per heavy atom. The van der Waals surface area contributed by atoms with Gasteiger partial charge in [0.05, 0.1) is 34.8 Å². The Bertz CT molecular complexity index is 1340. The Balaban J connectivity index is 2.47. The first kappa shape index (κ1) is 22.1. The SMILES string of the molecule is COc1c(Cl)ccc2c(=O)c3ccc(C(C)(C)C)cc3n(CC(=O)NS(C)(=O)=O)c12. The summed E-state index contributed by atoms with van der Waals surface area (Å²) in [6.07, 6.45) is 0.904. The second kappa shape index (κ2) is 7.59. The second-order valence-corrected chi connectivity index (χ2v) is 10.3. The molecule has 0 aliphatic rings. The van der Waals surface area contributed by atoms with Gasteiger partial charge in [-0.1, -0.05) is 38.4 Å². The molecule has 0 bridgehead atoms. The van der Waals surface area contributed by atoms with Gasteiger partial charge in [-0.2, -0.15) is 0 Å². The van der Waals surface area contributed by atoms with Crippen LogP contribution in [0, 0.1) is 0 Å². The van der Waals surface area contributed by atoms with Crippen molar-refractivity contribution in [3.05, 3.63) is 51.1 Å². The zero-order chi connectivity index (χ0) is 22.4. The van der Waals surface area contributed by atoms with E-state index in [0.717, 1.165) is 11.8 Å². The van der Waals surface area contributed by atoms with E-state index >= 15 is 0 Å². The minimum absolute atomic E-state index is 0.211. The minimum Gasteiger partial charge on any atom is -0.493 e. The van der Waals surface area contributed by atoms with Gasteiger partial charge in [0.2, 0.25) is 10.0 Å². The maximum Gasteiger partial charge on any atom is 0.253 e. The number of fused-ring (bicyclic) bond motifs is 2. The Kier molecular flexibility index (Phi) is 5.60. The van der Waals surface area contributed by atoms with Crippen LogP contribution in [0.4, 0.5) is 0 Å². The number of nitrogens with zero attached hydrogens (tertiary/aromatic N) is 1. The van der Waals surface area contributed by atoms with Crippen LogP contribution in [0.2, 0.25) is 5.02 Å². The highest BCUT2D eigenvalue weighted by Gasteiger charge is 2.22. The molecule has 160 valence electrons. The van der Waals surface area contributed by atoms with Crippen LogP contribution in [0.15, 0.2) is 35.1 Å². The average Bonchev–Trinajstić information content (AvgIpc) is 2.62. The first-order valence-electron chi connectivity index (χ1n) is 9.17. The molecule has 0 aliphatic heterocycles. The first-order valence-corrected chi connectivity index (χ1v) is 11.4. The number of sulfonamides is 1. The third-order valence-electron chi connectivity index (χ3n) is 4.80. The fraction of sp³-hybridized carbons (Fsp3) is 0.333. The molecule has 0 saturated heterocycles. The summed E-state index contributed by atoms with van der Waals surface area (Å²) in [5.74, 6) is -0.506. The van der Waals surface area contributed by atoms with Crippen LogP contribution in [-0.4, -0.2) is 32.3 Å². The van der Waals surface area contributed by atoms with E-state index in [1.54, 1.807) is 22.8 Å². The Labute approximate surface area is 179 Å². The molecule has 3 rings (SSSR count). The van der Waals surface area contributed by atoms with Crippen molar-refractivity contribution >= 4 is 49.3 Å². The number of hydrogen-bond donors (Lipinski definition) is 1. The van der Waals surface area contributed by atoms with Crippen molar-refractivity contribution in [2.45, 2.75) is 32.7 Å².